The van der Waals surface area contributed by atoms with Crippen LogP contribution in [0.1, 0.15) is 5.56 Å². The number of nitrogens with two attached hydrogens (primary N) is 1. The second-order valence-corrected chi connectivity index (χ2v) is 5.51. The fourth-order valence-electron chi connectivity index (χ4n) is 1.48. The third kappa shape index (κ3) is 3.10. The third-order valence-corrected chi connectivity index (χ3v) is 4.24. The number of anilines is 1. The molecule has 0 saturated heterocycles. The van der Waals surface area contributed by atoms with Crippen LogP contribution in [0.5, 0.6) is 0 Å². The van der Waals surface area contributed by atoms with Crippen molar-refractivity contribution in [2.75, 3.05) is 5.73 Å². The van der Waals surface area contributed by atoms with Gasteiger partial charge in [0.2, 0.25) is 0 Å². The van der Waals surface area contributed by atoms with Crippen LogP contribution in [0.2, 0.25) is 10.0 Å². The van der Waals surface area contributed by atoms with Crippen LogP contribution >= 0.6 is 35.0 Å². The van der Waals surface area contributed by atoms with E-state index in [0.717, 1.165) is 4.90 Å². The van der Waals surface area contributed by atoms with Gasteiger partial charge in [-0.3, -0.25) is 0 Å². The highest BCUT2D eigenvalue weighted by atomic mass is 35.5. The molecule has 0 aliphatic rings. The summed E-state index contributed by atoms with van der Waals surface area (Å²) in [7, 11) is 0. The minimum absolute atomic E-state index is 0.280. The lowest BCUT2D eigenvalue weighted by atomic mass is 10.2. The molecular formula is C13H10Cl2FNS. The average molecular weight is 302 g/mol. The topological polar surface area (TPSA) is 26.0 Å². The van der Waals surface area contributed by atoms with E-state index in [2.05, 4.69) is 0 Å². The molecule has 0 heterocycles. The molecule has 94 valence electrons. The molecule has 5 heteroatoms. The second kappa shape index (κ2) is 5.83. The second-order valence-electron chi connectivity index (χ2n) is 3.68. The van der Waals surface area contributed by atoms with Gasteiger partial charge in [0.15, 0.2) is 0 Å². The van der Waals surface area contributed by atoms with Crippen LogP contribution in [-0.2, 0) is 5.75 Å². The first-order valence-corrected chi connectivity index (χ1v) is 6.93. The molecule has 0 radical (unpaired) electrons. The predicted octanol–water partition coefficient (Wildman–Crippen LogP) is 5.01. The van der Waals surface area contributed by atoms with Gasteiger partial charge >= 0.3 is 0 Å². The molecule has 2 aromatic carbocycles. The van der Waals surface area contributed by atoms with Crippen LogP contribution in [0.25, 0.3) is 0 Å². The van der Waals surface area contributed by atoms with Gasteiger partial charge in [-0.2, -0.15) is 0 Å². The Bertz CT molecular complexity index is 555. The molecule has 2 N–H and O–H groups in total. The molecule has 0 saturated carbocycles. The molecule has 2 aromatic rings. The van der Waals surface area contributed by atoms with Gasteiger partial charge in [-0.1, -0.05) is 29.3 Å². The maximum absolute atomic E-state index is 13.5. The van der Waals surface area contributed by atoms with Gasteiger partial charge in [-0.05, 0) is 35.9 Å². The average Bonchev–Trinajstić information content (AvgIpc) is 2.33. The SMILES string of the molecule is Nc1cccc(Cl)c1SCc1cc(Cl)ccc1F. The maximum Gasteiger partial charge on any atom is 0.127 e. The molecule has 0 aromatic heterocycles. The Labute approximate surface area is 119 Å². The summed E-state index contributed by atoms with van der Waals surface area (Å²) in [6, 6.07) is 9.79. The lowest BCUT2D eigenvalue weighted by Gasteiger charge is -2.08. The Morgan fingerprint density at radius 1 is 1.17 bits per heavy atom. The Kier molecular flexibility index (Phi) is 4.38. The largest absolute Gasteiger partial charge is 0.398 e. The van der Waals surface area contributed by atoms with Crippen molar-refractivity contribution in [3.8, 4) is 0 Å². The van der Waals surface area contributed by atoms with Crippen LogP contribution in [0.4, 0.5) is 10.1 Å². The van der Waals surface area contributed by atoms with Gasteiger partial charge < -0.3 is 5.73 Å². The lowest BCUT2D eigenvalue weighted by Crippen LogP contribution is -1.91. The molecule has 0 spiro atoms. The van der Waals surface area contributed by atoms with Gasteiger partial charge in [0.05, 0.1) is 5.02 Å². The molecule has 0 bridgehead atoms. The Hall–Kier alpha value is -0.900. The predicted molar refractivity (Wildman–Crippen MR) is 76.8 cm³/mol. The first-order chi connectivity index (χ1) is 8.58. The van der Waals surface area contributed by atoms with Crippen LogP contribution in [0, 0.1) is 5.82 Å². The quantitative estimate of drug-likeness (QED) is 0.637. The number of nitrogen functional groups attached to an aromatic ring is 1. The zero-order valence-corrected chi connectivity index (χ0v) is 11.6. The van der Waals surface area contributed by atoms with Crippen molar-refractivity contribution in [2.24, 2.45) is 0 Å². The van der Waals surface area contributed by atoms with Crippen molar-refractivity contribution in [1.29, 1.82) is 0 Å². The van der Waals surface area contributed by atoms with E-state index in [-0.39, 0.29) is 5.82 Å². The Morgan fingerprint density at radius 2 is 1.94 bits per heavy atom. The number of thioether (sulfide) groups is 1. The minimum Gasteiger partial charge on any atom is -0.398 e. The van der Waals surface area contributed by atoms with Crippen LogP contribution in [-0.4, -0.2) is 0 Å². The number of benzene rings is 2. The van der Waals surface area contributed by atoms with Crippen molar-refractivity contribution >= 4 is 40.7 Å². The summed E-state index contributed by atoms with van der Waals surface area (Å²) in [6.45, 7) is 0. The molecule has 0 aliphatic carbocycles. The van der Waals surface area contributed by atoms with E-state index in [1.165, 1.54) is 23.9 Å². The van der Waals surface area contributed by atoms with E-state index in [1.54, 1.807) is 24.3 Å². The monoisotopic (exact) mass is 301 g/mol. The van der Waals surface area contributed by atoms with Crippen molar-refractivity contribution in [3.05, 3.63) is 57.8 Å². The zero-order valence-electron chi connectivity index (χ0n) is 9.29. The highest BCUT2D eigenvalue weighted by Gasteiger charge is 2.08. The van der Waals surface area contributed by atoms with E-state index in [1.807, 2.05) is 0 Å². The fourth-order valence-corrected chi connectivity index (χ4v) is 2.98. The molecule has 0 aliphatic heterocycles. The van der Waals surface area contributed by atoms with Crippen LogP contribution in [0.15, 0.2) is 41.3 Å². The molecule has 2 rings (SSSR count). The van der Waals surface area contributed by atoms with Gasteiger partial charge in [-0.15, -0.1) is 11.8 Å². The fraction of sp³-hybridized carbons (Fsp3) is 0.0769. The van der Waals surface area contributed by atoms with E-state index in [4.69, 9.17) is 28.9 Å². The van der Waals surface area contributed by atoms with Crippen molar-refractivity contribution in [3.63, 3.8) is 0 Å². The highest BCUT2D eigenvalue weighted by molar-refractivity contribution is 7.98. The van der Waals surface area contributed by atoms with Crippen LogP contribution in [0.3, 0.4) is 0 Å². The van der Waals surface area contributed by atoms with Gasteiger partial charge in [0, 0.05) is 21.4 Å². The van der Waals surface area contributed by atoms with E-state index >= 15 is 0 Å². The lowest BCUT2D eigenvalue weighted by molar-refractivity contribution is 0.617. The smallest absolute Gasteiger partial charge is 0.127 e. The molecular weight excluding hydrogens is 292 g/mol. The van der Waals surface area contributed by atoms with E-state index < -0.39 is 0 Å². The number of rotatable bonds is 3. The summed E-state index contributed by atoms with van der Waals surface area (Å²) in [6.07, 6.45) is 0. The van der Waals surface area contributed by atoms with Crippen molar-refractivity contribution in [1.82, 2.24) is 0 Å². The molecule has 0 unspecified atom stereocenters. The minimum atomic E-state index is -0.280. The van der Waals surface area contributed by atoms with Gasteiger partial charge in [-0.25, -0.2) is 4.39 Å². The number of halogens is 3. The zero-order chi connectivity index (χ0) is 13.1. The summed E-state index contributed by atoms with van der Waals surface area (Å²) >= 11 is 13.3. The Balaban J connectivity index is 2.19. The third-order valence-electron chi connectivity index (χ3n) is 2.38. The standard InChI is InChI=1S/C13H10Cl2FNS/c14-9-4-5-11(16)8(6-9)7-18-13-10(15)2-1-3-12(13)17/h1-6H,7,17H2. The molecule has 1 nitrogen and oxygen atoms in total. The van der Waals surface area contributed by atoms with Gasteiger partial charge in [0.1, 0.15) is 5.82 Å². The number of hydrogen-bond acceptors (Lipinski definition) is 2. The first kappa shape index (κ1) is 13.5. The highest BCUT2D eigenvalue weighted by Crippen LogP contribution is 2.35. The normalized spacial score (nSPS) is 10.6. The van der Waals surface area contributed by atoms with E-state index in [9.17, 15) is 4.39 Å². The molecule has 0 fully saturated rings. The summed E-state index contributed by atoms with van der Waals surface area (Å²) < 4.78 is 13.5. The van der Waals surface area contributed by atoms with Gasteiger partial charge in [0.25, 0.3) is 0 Å². The number of hydrogen-bond donors (Lipinski definition) is 1. The molecule has 0 atom stereocenters. The molecule has 0 amide bonds. The maximum atomic E-state index is 13.5. The molecule has 18 heavy (non-hydrogen) atoms. The summed E-state index contributed by atoms with van der Waals surface area (Å²) in [4.78, 5) is 0.763. The summed E-state index contributed by atoms with van der Waals surface area (Å²) in [5, 5.41) is 1.08. The Morgan fingerprint density at radius 3 is 2.67 bits per heavy atom. The first-order valence-electron chi connectivity index (χ1n) is 5.18. The van der Waals surface area contributed by atoms with E-state index in [0.29, 0.717) is 27.0 Å². The van der Waals surface area contributed by atoms with Crippen molar-refractivity contribution in [2.45, 2.75) is 10.6 Å². The van der Waals surface area contributed by atoms with Crippen LogP contribution < -0.4 is 5.73 Å². The van der Waals surface area contributed by atoms with Crippen molar-refractivity contribution < 1.29 is 4.39 Å². The summed E-state index contributed by atoms with van der Waals surface area (Å²) in [5.41, 5.74) is 6.96. The summed E-state index contributed by atoms with van der Waals surface area (Å²) in [5.74, 6) is 0.151.